The summed E-state index contributed by atoms with van der Waals surface area (Å²) in [6, 6.07) is 6.27. The summed E-state index contributed by atoms with van der Waals surface area (Å²) in [5.41, 5.74) is -0.918. The second kappa shape index (κ2) is 10.3. The van der Waals surface area contributed by atoms with Gasteiger partial charge in [0.05, 0.1) is 12.7 Å². The van der Waals surface area contributed by atoms with Gasteiger partial charge in [-0.2, -0.15) is 0 Å². The molecule has 1 fully saturated rings. The highest BCUT2D eigenvalue weighted by Crippen LogP contribution is 2.50. The topological polar surface area (TPSA) is 82.6 Å². The van der Waals surface area contributed by atoms with Crippen molar-refractivity contribution < 1.29 is 18.0 Å². The van der Waals surface area contributed by atoms with E-state index in [-0.39, 0.29) is 22.5 Å². The average molecular weight is 565 g/mol. The lowest BCUT2D eigenvalue weighted by Gasteiger charge is -2.45. The van der Waals surface area contributed by atoms with Crippen LogP contribution in [-0.4, -0.2) is 38.9 Å². The van der Waals surface area contributed by atoms with Crippen LogP contribution in [0.1, 0.15) is 65.3 Å². The van der Waals surface area contributed by atoms with Gasteiger partial charge in [-0.25, -0.2) is 9.18 Å². The number of aromatic nitrogens is 2. The molecule has 0 saturated carbocycles. The lowest BCUT2D eigenvalue weighted by molar-refractivity contribution is -0.129. The molecule has 1 aromatic carbocycles. The van der Waals surface area contributed by atoms with Gasteiger partial charge >= 0.3 is 5.69 Å². The van der Waals surface area contributed by atoms with Gasteiger partial charge in [0.15, 0.2) is 16.6 Å². The van der Waals surface area contributed by atoms with Crippen LogP contribution in [0.4, 0.5) is 4.39 Å². The van der Waals surface area contributed by atoms with Gasteiger partial charge < -0.3 is 13.6 Å². The molecule has 3 atom stereocenters. The average Bonchev–Trinajstić information content (AvgIpc) is 3.12. The molecule has 1 N–H and O–H groups in total. The number of aryl methyl sites for hydroxylation is 1. The molecule has 10 heteroatoms. The normalized spacial score (nSPS) is 23.2. The third kappa shape index (κ3) is 5.99. The highest BCUT2D eigenvalue weighted by molar-refractivity contribution is 6.74. The van der Waals surface area contributed by atoms with Crippen LogP contribution in [0.25, 0.3) is 0 Å². The summed E-state index contributed by atoms with van der Waals surface area (Å²) in [5.74, 6) is -0.349. The number of H-pyrrole nitrogens is 1. The highest BCUT2D eigenvalue weighted by atomic mass is 28.4. The van der Waals surface area contributed by atoms with Crippen LogP contribution in [0.2, 0.25) is 36.3 Å². The van der Waals surface area contributed by atoms with Crippen molar-refractivity contribution in [3.8, 4) is 0 Å². The summed E-state index contributed by atoms with van der Waals surface area (Å²) in [7, 11) is -4.55. The Kier molecular flexibility index (Phi) is 8.30. The van der Waals surface area contributed by atoms with E-state index in [0.717, 1.165) is 5.56 Å². The summed E-state index contributed by atoms with van der Waals surface area (Å²) in [5, 5.41) is -0.122. The molecule has 1 saturated heterocycles. The number of halogens is 1. The van der Waals surface area contributed by atoms with Crippen molar-refractivity contribution in [1.29, 1.82) is 0 Å². The molecule has 2 heterocycles. The van der Waals surface area contributed by atoms with Gasteiger partial charge in [-0.1, -0.05) is 53.7 Å². The molecule has 212 valence electrons. The monoisotopic (exact) mass is 564 g/mol. The van der Waals surface area contributed by atoms with Crippen LogP contribution in [0.3, 0.4) is 0 Å². The van der Waals surface area contributed by atoms with Gasteiger partial charge in [-0.3, -0.25) is 14.3 Å². The molecule has 1 aliphatic rings. The van der Waals surface area contributed by atoms with Gasteiger partial charge in [0, 0.05) is 18.2 Å². The zero-order valence-electron chi connectivity index (χ0n) is 24.8. The van der Waals surface area contributed by atoms with Crippen LogP contribution in [0, 0.1) is 12.7 Å². The molecule has 0 unspecified atom stereocenters. The fraction of sp³-hybridized carbons (Fsp3) is 0.643. The van der Waals surface area contributed by atoms with Gasteiger partial charge in [0.1, 0.15) is 17.6 Å². The van der Waals surface area contributed by atoms with Crippen molar-refractivity contribution in [3.05, 3.63) is 68.2 Å². The lowest BCUT2D eigenvalue weighted by Crippen LogP contribution is -2.53. The maximum absolute atomic E-state index is 14.1. The van der Waals surface area contributed by atoms with Gasteiger partial charge in [0.2, 0.25) is 0 Å². The molecule has 7 nitrogen and oxygen atoms in total. The largest absolute Gasteiger partial charge is 0.413 e. The Morgan fingerprint density at radius 1 is 1.03 bits per heavy atom. The van der Waals surface area contributed by atoms with Crippen molar-refractivity contribution in [3.63, 3.8) is 0 Å². The number of hydrogen-bond donors (Lipinski definition) is 1. The van der Waals surface area contributed by atoms with E-state index >= 15 is 0 Å². The molecule has 0 bridgehead atoms. The molecule has 1 aromatic heterocycles. The molecule has 0 amide bonds. The number of aromatic amines is 1. The van der Waals surface area contributed by atoms with Crippen molar-refractivity contribution in [2.45, 2.75) is 109 Å². The lowest BCUT2D eigenvalue weighted by atomic mass is 9.89. The number of ether oxygens (including phenoxy) is 1. The van der Waals surface area contributed by atoms with Crippen molar-refractivity contribution in [1.82, 2.24) is 9.55 Å². The first kappa shape index (κ1) is 30.7. The summed E-state index contributed by atoms with van der Waals surface area (Å²) >= 11 is 0. The predicted molar refractivity (Wildman–Crippen MR) is 154 cm³/mol. The van der Waals surface area contributed by atoms with E-state index in [1.807, 2.05) is 0 Å². The zero-order valence-corrected chi connectivity index (χ0v) is 26.8. The van der Waals surface area contributed by atoms with Gasteiger partial charge in [0.25, 0.3) is 5.56 Å². The van der Waals surface area contributed by atoms with Crippen LogP contribution >= 0.6 is 0 Å². The first-order chi connectivity index (χ1) is 17.2. The molecule has 0 spiro atoms. The van der Waals surface area contributed by atoms with E-state index in [1.54, 1.807) is 19.1 Å². The predicted octanol–water partition coefficient (Wildman–Crippen LogP) is 6.21. The summed E-state index contributed by atoms with van der Waals surface area (Å²) in [6.07, 6.45) is 0.726. The Bertz CT molecular complexity index is 1260. The molecule has 0 radical (unpaired) electrons. The van der Waals surface area contributed by atoms with Crippen molar-refractivity contribution in [2.75, 3.05) is 6.61 Å². The van der Waals surface area contributed by atoms with E-state index in [2.05, 4.69) is 72.7 Å². The maximum Gasteiger partial charge on any atom is 0.330 e. The Hall–Kier alpha value is -1.86. The maximum atomic E-state index is 14.1. The standard InChI is InChI=1S/C28H45FN2O5Si2/c1-19-17-31(25(33)30-24(19)32)23-16-22(36-38(10,11)27(5,6)7)28(35-23,20-12-14-21(29)15-13-20)18-34-37(8,9)26(2,3)4/h12-15,17,22-23H,16,18H2,1-11H3,(H,30,32,33)/t22-,23-,28+/m0/s1. The summed E-state index contributed by atoms with van der Waals surface area (Å²) < 4.78 is 36.1. The molecule has 1 aliphatic heterocycles. The van der Waals surface area contributed by atoms with E-state index in [4.69, 9.17) is 13.6 Å². The minimum Gasteiger partial charge on any atom is -0.413 e. The quantitative estimate of drug-likeness (QED) is 0.404. The fourth-order valence-corrected chi connectivity index (χ4v) is 6.45. The Morgan fingerprint density at radius 3 is 2.11 bits per heavy atom. The number of rotatable bonds is 7. The highest BCUT2D eigenvalue weighted by Gasteiger charge is 2.56. The Morgan fingerprint density at radius 2 is 1.58 bits per heavy atom. The number of benzene rings is 1. The second-order valence-corrected chi connectivity index (χ2v) is 23.2. The third-order valence-corrected chi connectivity index (χ3v) is 17.7. The molecule has 38 heavy (non-hydrogen) atoms. The molecule has 2 aromatic rings. The molecular weight excluding hydrogens is 519 g/mol. The summed E-state index contributed by atoms with van der Waals surface area (Å²) in [4.78, 5) is 27.4. The van der Waals surface area contributed by atoms with E-state index in [0.29, 0.717) is 12.0 Å². The smallest absolute Gasteiger partial charge is 0.330 e. The number of nitrogens with zero attached hydrogens (tertiary/aromatic N) is 1. The van der Waals surface area contributed by atoms with E-state index in [1.165, 1.54) is 22.9 Å². The van der Waals surface area contributed by atoms with Crippen LogP contribution in [-0.2, 0) is 19.2 Å². The van der Waals surface area contributed by atoms with Crippen LogP contribution in [0.5, 0.6) is 0 Å². The summed E-state index contributed by atoms with van der Waals surface area (Å²) in [6.45, 7) is 23.6. The van der Waals surface area contributed by atoms with Crippen molar-refractivity contribution >= 4 is 16.6 Å². The molecule has 0 aliphatic carbocycles. The van der Waals surface area contributed by atoms with E-state index in [9.17, 15) is 14.0 Å². The first-order valence-electron chi connectivity index (χ1n) is 13.3. The minimum absolute atomic E-state index is 0.0439. The minimum atomic E-state index is -2.32. The van der Waals surface area contributed by atoms with Crippen molar-refractivity contribution in [2.24, 2.45) is 0 Å². The van der Waals surface area contributed by atoms with Crippen LogP contribution < -0.4 is 11.2 Å². The Balaban J connectivity index is 2.20. The molecular formula is C28H45FN2O5Si2. The first-order valence-corrected chi connectivity index (χ1v) is 19.1. The van der Waals surface area contributed by atoms with Gasteiger partial charge in [-0.05, 0) is 60.9 Å². The number of hydrogen-bond acceptors (Lipinski definition) is 5. The van der Waals surface area contributed by atoms with Crippen LogP contribution in [0.15, 0.2) is 40.1 Å². The SMILES string of the molecule is Cc1cn([C@@H]2C[C@H](O[Si](C)(C)C(C)(C)C)[C@@](CO[Si](C)(C)C(C)(C)C)(c3ccc(F)cc3)O2)c(=O)[nH]c1=O. The zero-order chi connectivity index (χ0) is 28.9. The Labute approximate surface area is 228 Å². The molecule has 3 rings (SSSR count). The number of nitrogens with one attached hydrogen (secondary N) is 1. The van der Waals surface area contributed by atoms with Gasteiger partial charge in [-0.15, -0.1) is 0 Å². The fourth-order valence-electron chi connectivity index (χ4n) is 4.09. The third-order valence-electron chi connectivity index (χ3n) is 8.77. The van der Waals surface area contributed by atoms with E-state index < -0.39 is 45.8 Å². The second-order valence-electron chi connectivity index (χ2n) is 13.6.